The second-order valence-corrected chi connectivity index (χ2v) is 6.42. The van der Waals surface area contributed by atoms with E-state index in [9.17, 15) is 9.90 Å². The molecule has 0 heterocycles. The molecule has 1 saturated carbocycles. The fourth-order valence-electron chi connectivity index (χ4n) is 2.54. The summed E-state index contributed by atoms with van der Waals surface area (Å²) in [7, 11) is 0. The molecule has 0 radical (unpaired) electrons. The average molecular weight is 227 g/mol. The number of carbonyl (C=O) groups excluding carboxylic acids is 1. The summed E-state index contributed by atoms with van der Waals surface area (Å²) in [5.74, 6) is 0.412. The molecule has 3 heteroatoms. The van der Waals surface area contributed by atoms with Gasteiger partial charge in [-0.15, -0.1) is 0 Å². The van der Waals surface area contributed by atoms with Crippen LogP contribution in [0.15, 0.2) is 0 Å². The van der Waals surface area contributed by atoms with Crippen molar-refractivity contribution in [3.05, 3.63) is 0 Å². The largest absolute Gasteiger partial charge is 0.394 e. The first-order valence-corrected chi connectivity index (χ1v) is 6.07. The molecule has 3 nitrogen and oxygen atoms in total. The lowest BCUT2D eigenvalue weighted by atomic mass is 10.0. The molecule has 1 aliphatic carbocycles. The summed E-state index contributed by atoms with van der Waals surface area (Å²) >= 11 is 0. The molecule has 1 aliphatic rings. The highest BCUT2D eigenvalue weighted by Gasteiger charge is 2.68. The second-order valence-electron chi connectivity index (χ2n) is 6.42. The number of rotatable bonds is 4. The normalized spacial score (nSPS) is 24.2. The van der Waals surface area contributed by atoms with E-state index in [1.165, 1.54) is 0 Å². The third-order valence-electron chi connectivity index (χ3n) is 4.61. The second kappa shape index (κ2) is 4.02. The van der Waals surface area contributed by atoms with Crippen molar-refractivity contribution >= 4 is 5.91 Å². The predicted octanol–water partition coefficient (Wildman–Crippen LogP) is 1.80. The van der Waals surface area contributed by atoms with Crippen LogP contribution < -0.4 is 5.32 Å². The highest BCUT2D eigenvalue weighted by atomic mass is 16.3. The molecule has 1 rings (SSSR count). The van der Waals surface area contributed by atoms with Crippen molar-refractivity contribution in [3.8, 4) is 0 Å². The molecule has 0 bridgehead atoms. The Labute approximate surface area is 98.6 Å². The molecule has 1 amide bonds. The van der Waals surface area contributed by atoms with Gasteiger partial charge in [0.1, 0.15) is 0 Å². The minimum atomic E-state index is -0.125. The van der Waals surface area contributed by atoms with Gasteiger partial charge in [-0.2, -0.15) is 0 Å². The lowest BCUT2D eigenvalue weighted by molar-refractivity contribution is -0.124. The van der Waals surface area contributed by atoms with Crippen molar-refractivity contribution in [2.75, 3.05) is 6.61 Å². The SMILES string of the molecule is CC(C)[C@@H](CO)NC(=O)C1C(C)(C)C1(C)C. The van der Waals surface area contributed by atoms with Crippen LogP contribution in [0.25, 0.3) is 0 Å². The molecule has 94 valence electrons. The van der Waals surface area contributed by atoms with Gasteiger partial charge in [0.15, 0.2) is 0 Å². The van der Waals surface area contributed by atoms with Gasteiger partial charge in [-0.3, -0.25) is 4.79 Å². The third kappa shape index (κ3) is 1.97. The van der Waals surface area contributed by atoms with Gasteiger partial charge in [-0.25, -0.2) is 0 Å². The molecule has 0 aromatic carbocycles. The Morgan fingerprint density at radius 1 is 1.25 bits per heavy atom. The van der Waals surface area contributed by atoms with Crippen molar-refractivity contribution in [2.24, 2.45) is 22.7 Å². The standard InChI is InChI=1S/C13H25NO2/c1-8(2)9(7-15)14-11(16)10-12(3,4)13(10,5)6/h8-10,15H,7H2,1-6H3,(H,14,16)/t9-/m1/s1. The van der Waals surface area contributed by atoms with Crippen LogP contribution in [0.3, 0.4) is 0 Å². The molecule has 0 spiro atoms. The van der Waals surface area contributed by atoms with Crippen LogP contribution in [0.4, 0.5) is 0 Å². The Morgan fingerprint density at radius 2 is 1.69 bits per heavy atom. The van der Waals surface area contributed by atoms with E-state index in [4.69, 9.17) is 0 Å². The van der Waals surface area contributed by atoms with Gasteiger partial charge < -0.3 is 10.4 Å². The van der Waals surface area contributed by atoms with E-state index in [2.05, 4.69) is 33.0 Å². The maximum Gasteiger partial charge on any atom is 0.224 e. The number of hydrogen-bond acceptors (Lipinski definition) is 2. The summed E-state index contributed by atoms with van der Waals surface area (Å²) in [6.45, 7) is 12.5. The third-order valence-corrected chi connectivity index (χ3v) is 4.61. The first-order chi connectivity index (χ1) is 7.16. The van der Waals surface area contributed by atoms with E-state index >= 15 is 0 Å². The zero-order valence-corrected chi connectivity index (χ0v) is 11.3. The van der Waals surface area contributed by atoms with E-state index in [1.807, 2.05) is 13.8 Å². The molecule has 0 saturated heterocycles. The molecular formula is C13H25NO2. The molecule has 2 N–H and O–H groups in total. The van der Waals surface area contributed by atoms with Gasteiger partial charge in [0.25, 0.3) is 0 Å². The lowest BCUT2D eigenvalue weighted by Crippen LogP contribution is -2.42. The number of carbonyl (C=O) groups is 1. The highest BCUT2D eigenvalue weighted by Crippen LogP contribution is 2.68. The summed E-state index contributed by atoms with van der Waals surface area (Å²) in [6.07, 6.45) is 0. The number of hydrogen-bond donors (Lipinski definition) is 2. The summed E-state index contributed by atoms with van der Waals surface area (Å²) in [4.78, 5) is 12.1. The Kier molecular flexibility index (Phi) is 3.39. The summed E-state index contributed by atoms with van der Waals surface area (Å²) in [6, 6.07) is -0.125. The maximum absolute atomic E-state index is 12.1. The number of aliphatic hydroxyl groups is 1. The Balaban J connectivity index is 2.62. The van der Waals surface area contributed by atoms with Crippen molar-refractivity contribution in [1.82, 2.24) is 5.32 Å². The lowest BCUT2D eigenvalue weighted by Gasteiger charge is -2.20. The fraction of sp³-hybridized carbons (Fsp3) is 0.923. The smallest absolute Gasteiger partial charge is 0.224 e. The first kappa shape index (κ1) is 13.5. The molecule has 0 unspecified atom stereocenters. The summed E-state index contributed by atoms with van der Waals surface area (Å²) in [5, 5.41) is 12.1. The van der Waals surface area contributed by atoms with Gasteiger partial charge in [-0.05, 0) is 16.7 Å². The van der Waals surface area contributed by atoms with Crippen molar-refractivity contribution in [1.29, 1.82) is 0 Å². The Hall–Kier alpha value is -0.570. The molecule has 0 aromatic heterocycles. The topological polar surface area (TPSA) is 49.3 Å². The van der Waals surface area contributed by atoms with E-state index in [1.54, 1.807) is 0 Å². The van der Waals surface area contributed by atoms with Gasteiger partial charge in [0, 0.05) is 5.92 Å². The van der Waals surface area contributed by atoms with E-state index < -0.39 is 0 Å². The fourth-order valence-corrected chi connectivity index (χ4v) is 2.54. The molecule has 1 atom stereocenters. The van der Waals surface area contributed by atoms with Crippen molar-refractivity contribution in [2.45, 2.75) is 47.6 Å². The zero-order valence-electron chi connectivity index (χ0n) is 11.3. The van der Waals surface area contributed by atoms with E-state index in [0.29, 0.717) is 0 Å². The zero-order chi connectivity index (χ0) is 12.7. The minimum absolute atomic E-state index is 0.0109. The minimum Gasteiger partial charge on any atom is -0.394 e. The summed E-state index contributed by atoms with van der Waals surface area (Å²) < 4.78 is 0. The highest BCUT2D eigenvalue weighted by molar-refractivity contribution is 5.84. The predicted molar refractivity (Wildman–Crippen MR) is 64.9 cm³/mol. The maximum atomic E-state index is 12.1. The van der Waals surface area contributed by atoms with Crippen LogP contribution >= 0.6 is 0 Å². The first-order valence-electron chi connectivity index (χ1n) is 6.07. The molecular weight excluding hydrogens is 202 g/mol. The molecule has 0 aromatic rings. The van der Waals surface area contributed by atoms with Crippen LogP contribution in [0.2, 0.25) is 0 Å². The molecule has 0 aliphatic heterocycles. The summed E-state index contributed by atoms with van der Waals surface area (Å²) in [5.41, 5.74) is 0.127. The van der Waals surface area contributed by atoms with Crippen LogP contribution in [0.1, 0.15) is 41.5 Å². The molecule has 1 fully saturated rings. The Morgan fingerprint density at radius 3 is 1.94 bits per heavy atom. The van der Waals surface area contributed by atoms with Gasteiger partial charge in [0.2, 0.25) is 5.91 Å². The van der Waals surface area contributed by atoms with Crippen LogP contribution in [0, 0.1) is 22.7 Å². The number of amides is 1. The quantitative estimate of drug-likeness (QED) is 0.769. The van der Waals surface area contributed by atoms with Crippen LogP contribution in [-0.4, -0.2) is 23.7 Å². The van der Waals surface area contributed by atoms with Crippen LogP contribution in [-0.2, 0) is 4.79 Å². The van der Waals surface area contributed by atoms with E-state index in [0.717, 1.165) is 0 Å². The number of nitrogens with one attached hydrogen (secondary N) is 1. The van der Waals surface area contributed by atoms with E-state index in [-0.39, 0.29) is 41.2 Å². The molecule has 16 heavy (non-hydrogen) atoms. The van der Waals surface area contributed by atoms with Crippen LogP contribution in [0.5, 0.6) is 0 Å². The Bertz CT molecular complexity index is 268. The van der Waals surface area contributed by atoms with Gasteiger partial charge in [-0.1, -0.05) is 41.5 Å². The van der Waals surface area contributed by atoms with Crippen molar-refractivity contribution < 1.29 is 9.90 Å². The van der Waals surface area contributed by atoms with Crippen molar-refractivity contribution in [3.63, 3.8) is 0 Å². The van der Waals surface area contributed by atoms with Gasteiger partial charge in [0.05, 0.1) is 12.6 Å². The number of aliphatic hydroxyl groups excluding tert-OH is 1. The monoisotopic (exact) mass is 227 g/mol. The van der Waals surface area contributed by atoms with Gasteiger partial charge >= 0.3 is 0 Å². The average Bonchev–Trinajstić information content (AvgIpc) is 2.52.